The van der Waals surface area contributed by atoms with Crippen LogP contribution in [0.3, 0.4) is 0 Å². The highest BCUT2D eigenvalue weighted by atomic mass is 16.4. The van der Waals surface area contributed by atoms with Crippen LogP contribution in [0.1, 0.15) is 104 Å². The first kappa shape index (κ1) is 26.0. The minimum absolute atomic E-state index is 0.164. The average molecular weight is 495 g/mol. The van der Waals surface area contributed by atoms with Crippen LogP contribution >= 0.6 is 0 Å². The van der Waals surface area contributed by atoms with Crippen molar-refractivity contribution in [3.8, 4) is 0 Å². The van der Waals surface area contributed by atoms with E-state index in [4.69, 9.17) is 0 Å². The van der Waals surface area contributed by atoms with Crippen LogP contribution < -0.4 is 10.2 Å². The quantitative estimate of drug-likeness (QED) is 0.463. The Bertz CT molecular complexity index is 886. The van der Waals surface area contributed by atoms with Gasteiger partial charge in [0, 0.05) is 0 Å². The molecular weight excluding hydrogens is 448 g/mol. The first-order valence-electron chi connectivity index (χ1n) is 14.9. The summed E-state index contributed by atoms with van der Waals surface area (Å²) in [5.41, 5.74) is 1.26. The topological polar surface area (TPSA) is 80.3 Å². The van der Waals surface area contributed by atoms with Crippen molar-refractivity contribution in [3.63, 3.8) is 0 Å². The lowest BCUT2D eigenvalue weighted by atomic mass is 9.43. The maximum absolute atomic E-state index is 11.3. The number of hydrogen-bond acceptors (Lipinski definition) is 4. The fourth-order valence-corrected chi connectivity index (χ4v) is 11.3. The second-order valence-corrected chi connectivity index (χ2v) is 13.9. The molecular formula is C32H46O4-2. The number of aliphatic carboxylic acids is 2. The van der Waals surface area contributed by atoms with E-state index in [2.05, 4.69) is 26.5 Å². The van der Waals surface area contributed by atoms with E-state index in [1.54, 1.807) is 6.92 Å². The van der Waals surface area contributed by atoms with Gasteiger partial charge in [-0.05, 0) is 153 Å². The lowest BCUT2D eigenvalue weighted by Gasteiger charge is -2.62. The minimum atomic E-state index is -1.01. The van der Waals surface area contributed by atoms with E-state index in [1.165, 1.54) is 70.6 Å². The van der Waals surface area contributed by atoms with Crippen LogP contribution in [0.25, 0.3) is 0 Å². The summed E-state index contributed by atoms with van der Waals surface area (Å²) in [4.78, 5) is 22.3. The van der Waals surface area contributed by atoms with Crippen LogP contribution in [0, 0.1) is 58.2 Å². The van der Waals surface area contributed by atoms with Gasteiger partial charge in [-0.15, -0.1) is 0 Å². The highest BCUT2D eigenvalue weighted by Crippen LogP contribution is 2.66. The van der Waals surface area contributed by atoms with Crippen molar-refractivity contribution in [2.24, 2.45) is 58.2 Å². The molecule has 200 valence electrons. The maximum atomic E-state index is 11.3. The standard InChI is InChI=1S/2C16H24O2/c1-3-16(9-10(2)15(17)18)13-5-11-4-12(7-13)8-14(16)6-11;1-3-4-16-8-11-5-12(9-16)7-13(6-11)14(16)10(2)15(17)18/h9,11-14H,3-8H2,1-2H3,(H,17,18);11-14H,2-9H2,1H3,(H,17,18)/p-2/b10-9+;. The first-order valence-corrected chi connectivity index (χ1v) is 14.9. The summed E-state index contributed by atoms with van der Waals surface area (Å²) in [6.45, 7) is 10.0. The molecule has 0 aromatic rings. The van der Waals surface area contributed by atoms with Gasteiger partial charge in [0.25, 0.3) is 0 Å². The maximum Gasteiger partial charge on any atom is 0.0672 e. The summed E-state index contributed by atoms with van der Waals surface area (Å²) in [7, 11) is 0. The minimum Gasteiger partial charge on any atom is -0.545 e. The molecule has 8 rings (SSSR count). The molecule has 0 heterocycles. The number of carboxylic acid groups (broad SMARTS) is 2. The fraction of sp³-hybridized carbons (Fsp3) is 0.812. The Kier molecular flexibility index (Phi) is 6.96. The van der Waals surface area contributed by atoms with Gasteiger partial charge >= 0.3 is 0 Å². The van der Waals surface area contributed by atoms with Gasteiger partial charge in [0.15, 0.2) is 0 Å². The van der Waals surface area contributed by atoms with Gasteiger partial charge in [0.2, 0.25) is 0 Å². The Morgan fingerprint density at radius 1 is 0.833 bits per heavy atom. The predicted octanol–water partition coefficient (Wildman–Crippen LogP) is 5.07. The molecule has 0 spiro atoms. The molecule has 8 fully saturated rings. The highest BCUT2D eigenvalue weighted by Gasteiger charge is 2.57. The van der Waals surface area contributed by atoms with E-state index in [1.807, 2.05) is 0 Å². The lowest BCUT2D eigenvalue weighted by molar-refractivity contribution is -0.302. The van der Waals surface area contributed by atoms with Gasteiger partial charge in [-0.2, -0.15) is 0 Å². The Balaban J connectivity index is 0.000000148. The van der Waals surface area contributed by atoms with Gasteiger partial charge < -0.3 is 19.8 Å². The molecule has 3 atom stereocenters. The number of hydrogen-bond donors (Lipinski definition) is 0. The van der Waals surface area contributed by atoms with Crippen molar-refractivity contribution < 1.29 is 19.8 Å². The van der Waals surface area contributed by atoms with Crippen LogP contribution in [0.15, 0.2) is 23.8 Å². The van der Waals surface area contributed by atoms with E-state index in [0.717, 1.165) is 48.3 Å². The number of carbonyl (C=O) groups is 2. The normalized spacial score (nSPS) is 45.8. The molecule has 4 heteroatoms. The van der Waals surface area contributed by atoms with Crippen LogP contribution in [0.2, 0.25) is 0 Å². The summed E-state index contributed by atoms with van der Waals surface area (Å²) < 4.78 is 0. The predicted molar refractivity (Wildman–Crippen MR) is 137 cm³/mol. The molecule has 8 saturated carbocycles. The monoisotopic (exact) mass is 494 g/mol. The molecule has 36 heavy (non-hydrogen) atoms. The lowest BCUT2D eigenvalue weighted by Crippen LogP contribution is -2.54. The zero-order valence-electron chi connectivity index (χ0n) is 22.7. The van der Waals surface area contributed by atoms with E-state index in [0.29, 0.717) is 17.1 Å². The van der Waals surface area contributed by atoms with Crippen molar-refractivity contribution in [3.05, 3.63) is 23.8 Å². The molecule has 4 nitrogen and oxygen atoms in total. The Morgan fingerprint density at radius 3 is 1.81 bits per heavy atom. The van der Waals surface area contributed by atoms with Crippen molar-refractivity contribution in [2.45, 2.75) is 104 Å². The molecule has 0 amide bonds. The summed E-state index contributed by atoms with van der Waals surface area (Å²) >= 11 is 0. The van der Waals surface area contributed by atoms with E-state index < -0.39 is 11.9 Å². The van der Waals surface area contributed by atoms with Crippen LogP contribution in [0.4, 0.5) is 0 Å². The molecule has 8 aliphatic carbocycles. The fourth-order valence-electron chi connectivity index (χ4n) is 11.3. The van der Waals surface area contributed by atoms with Crippen molar-refractivity contribution in [1.82, 2.24) is 0 Å². The Morgan fingerprint density at radius 2 is 1.36 bits per heavy atom. The van der Waals surface area contributed by atoms with Gasteiger partial charge in [0.1, 0.15) is 0 Å². The second-order valence-electron chi connectivity index (χ2n) is 13.9. The van der Waals surface area contributed by atoms with E-state index in [-0.39, 0.29) is 16.7 Å². The number of rotatable bonds is 7. The van der Waals surface area contributed by atoms with Crippen LogP contribution in [-0.2, 0) is 9.59 Å². The van der Waals surface area contributed by atoms with Gasteiger partial charge in [-0.3, -0.25) is 0 Å². The number of carbonyl (C=O) groups excluding carboxylic acids is 2. The molecule has 0 aromatic heterocycles. The molecule has 8 aliphatic rings. The van der Waals surface area contributed by atoms with Crippen molar-refractivity contribution in [1.29, 1.82) is 0 Å². The molecule has 8 bridgehead atoms. The smallest absolute Gasteiger partial charge is 0.0672 e. The summed E-state index contributed by atoms with van der Waals surface area (Å²) in [5, 5.41) is 22.3. The second kappa shape index (κ2) is 9.62. The molecule has 3 unspecified atom stereocenters. The summed E-state index contributed by atoms with van der Waals surface area (Å²) in [6, 6.07) is 0. The zero-order valence-corrected chi connectivity index (χ0v) is 22.7. The third-order valence-electron chi connectivity index (χ3n) is 11.9. The third-order valence-corrected chi connectivity index (χ3v) is 11.9. The molecule has 0 saturated heterocycles. The largest absolute Gasteiger partial charge is 0.545 e. The zero-order chi connectivity index (χ0) is 25.8. The SMILES string of the molecule is C=C(C(=O)[O-])C1C2CC3CC(C2)CC1(CCC)C3.CCC1(/C=C(\C)C(=O)[O-])C2CC3CC(C2)CC1C3. The third kappa shape index (κ3) is 4.29. The van der Waals surface area contributed by atoms with Gasteiger partial charge in [0.05, 0.1) is 11.9 Å². The van der Waals surface area contributed by atoms with Gasteiger partial charge in [-0.25, -0.2) is 0 Å². The number of allylic oxidation sites excluding steroid dienone is 1. The average Bonchev–Trinajstić information content (AvgIpc) is 2.80. The Labute approximate surface area is 218 Å². The Hall–Kier alpha value is -1.58. The molecule has 0 aliphatic heterocycles. The van der Waals surface area contributed by atoms with Gasteiger partial charge in [-0.1, -0.05) is 32.9 Å². The van der Waals surface area contributed by atoms with Crippen LogP contribution in [-0.4, -0.2) is 11.9 Å². The van der Waals surface area contributed by atoms with Crippen molar-refractivity contribution >= 4 is 11.9 Å². The molecule has 0 radical (unpaired) electrons. The van der Waals surface area contributed by atoms with Crippen LogP contribution in [0.5, 0.6) is 0 Å². The first-order chi connectivity index (χ1) is 17.1. The van der Waals surface area contributed by atoms with E-state index in [9.17, 15) is 19.8 Å². The molecule has 0 N–H and O–H groups in total. The molecule has 0 aromatic carbocycles. The van der Waals surface area contributed by atoms with Crippen molar-refractivity contribution in [2.75, 3.05) is 0 Å². The van der Waals surface area contributed by atoms with E-state index >= 15 is 0 Å². The summed E-state index contributed by atoms with van der Waals surface area (Å²) in [6.07, 6.45) is 18.6. The number of carboxylic acids is 2. The highest BCUT2D eigenvalue weighted by molar-refractivity contribution is 5.85. The summed E-state index contributed by atoms with van der Waals surface area (Å²) in [5.74, 6) is 3.83.